The third-order valence-electron chi connectivity index (χ3n) is 3.57. The van der Waals surface area contributed by atoms with Gasteiger partial charge < -0.3 is 0 Å². The molecule has 3 rings (SSSR count). The Labute approximate surface area is 138 Å². The van der Waals surface area contributed by atoms with E-state index in [4.69, 9.17) is 0 Å². The molecular weight excluding hydrogens is 306 g/mol. The quantitative estimate of drug-likeness (QED) is 0.313. The molecular formula is C18H14N3O3+. The topological polar surface area (TPSA) is 77.0 Å². The van der Waals surface area contributed by atoms with E-state index in [1.54, 1.807) is 23.2 Å². The summed E-state index contributed by atoms with van der Waals surface area (Å²) in [6, 6.07) is 17.4. The summed E-state index contributed by atoms with van der Waals surface area (Å²) in [5.74, 6) is -0.332. The second-order valence-corrected chi connectivity index (χ2v) is 5.18. The lowest BCUT2D eigenvalue weighted by Gasteiger charge is -2.02. The third kappa shape index (κ3) is 3.33. The van der Waals surface area contributed by atoms with Crippen LogP contribution in [0.1, 0.15) is 10.4 Å². The standard InChI is InChI=1S/C18H14N3O3/c22-18(15-8-4-5-9-17(15)21(23)24)12-20-11-10-16(19-13-20)14-6-2-1-3-7-14/h1-11,13H,12H2/q+1. The van der Waals surface area contributed by atoms with Crippen molar-refractivity contribution >= 4 is 11.5 Å². The maximum absolute atomic E-state index is 12.3. The van der Waals surface area contributed by atoms with Crippen LogP contribution in [-0.4, -0.2) is 15.7 Å². The van der Waals surface area contributed by atoms with E-state index >= 15 is 0 Å². The van der Waals surface area contributed by atoms with Crippen LogP contribution in [0.5, 0.6) is 0 Å². The van der Waals surface area contributed by atoms with Gasteiger partial charge in [0, 0.05) is 17.7 Å². The van der Waals surface area contributed by atoms with Crippen LogP contribution in [-0.2, 0) is 6.54 Å². The Balaban J connectivity index is 1.80. The molecule has 6 nitrogen and oxygen atoms in total. The lowest BCUT2D eigenvalue weighted by molar-refractivity contribution is -0.686. The summed E-state index contributed by atoms with van der Waals surface area (Å²) in [6.07, 6.45) is 3.29. The van der Waals surface area contributed by atoms with Crippen molar-refractivity contribution in [1.29, 1.82) is 0 Å². The van der Waals surface area contributed by atoms with Crippen molar-refractivity contribution < 1.29 is 14.3 Å². The van der Waals surface area contributed by atoms with Gasteiger partial charge in [-0.3, -0.25) is 14.9 Å². The van der Waals surface area contributed by atoms with E-state index in [1.165, 1.54) is 18.2 Å². The number of ketones is 1. The molecule has 3 aromatic rings. The number of carbonyl (C=O) groups is 1. The molecule has 0 fully saturated rings. The van der Waals surface area contributed by atoms with Crippen LogP contribution in [0, 0.1) is 10.1 Å². The van der Waals surface area contributed by atoms with Gasteiger partial charge in [-0.25, -0.2) is 4.57 Å². The lowest BCUT2D eigenvalue weighted by Crippen LogP contribution is -2.37. The first-order chi connectivity index (χ1) is 11.6. The fraction of sp³-hybridized carbons (Fsp3) is 0.0556. The molecule has 24 heavy (non-hydrogen) atoms. The third-order valence-corrected chi connectivity index (χ3v) is 3.57. The minimum Gasteiger partial charge on any atom is -0.289 e. The Kier molecular flexibility index (Phi) is 4.38. The highest BCUT2D eigenvalue weighted by molar-refractivity contribution is 5.98. The average Bonchev–Trinajstić information content (AvgIpc) is 2.63. The zero-order valence-corrected chi connectivity index (χ0v) is 12.7. The predicted octanol–water partition coefficient (Wildman–Crippen LogP) is 2.83. The van der Waals surface area contributed by atoms with Crippen LogP contribution in [0.2, 0.25) is 0 Å². The molecule has 0 radical (unpaired) electrons. The predicted molar refractivity (Wildman–Crippen MR) is 87.3 cm³/mol. The van der Waals surface area contributed by atoms with Gasteiger partial charge in [0.15, 0.2) is 12.2 Å². The first kappa shape index (κ1) is 15.5. The fourth-order valence-electron chi connectivity index (χ4n) is 2.38. The summed E-state index contributed by atoms with van der Waals surface area (Å²) in [4.78, 5) is 27.1. The van der Waals surface area contributed by atoms with E-state index in [9.17, 15) is 14.9 Å². The number of para-hydroxylation sites is 1. The highest BCUT2D eigenvalue weighted by Gasteiger charge is 2.21. The van der Waals surface area contributed by atoms with Crippen LogP contribution in [0.3, 0.4) is 0 Å². The molecule has 0 N–H and O–H groups in total. The summed E-state index contributed by atoms with van der Waals surface area (Å²) in [5, 5.41) is 11.0. The van der Waals surface area contributed by atoms with Crippen LogP contribution in [0.25, 0.3) is 11.3 Å². The summed E-state index contributed by atoms with van der Waals surface area (Å²) < 4.78 is 1.60. The van der Waals surface area contributed by atoms with E-state index in [1.807, 2.05) is 36.4 Å². The molecule has 0 spiro atoms. The highest BCUT2D eigenvalue weighted by Crippen LogP contribution is 2.18. The largest absolute Gasteiger partial charge is 0.289 e. The Hall–Kier alpha value is -3.41. The van der Waals surface area contributed by atoms with E-state index in [0.29, 0.717) is 0 Å². The molecule has 6 heteroatoms. The minimum absolute atomic E-state index is 0.00702. The van der Waals surface area contributed by atoms with Crippen molar-refractivity contribution in [3.63, 3.8) is 0 Å². The number of hydrogen-bond donors (Lipinski definition) is 0. The average molecular weight is 320 g/mol. The minimum atomic E-state index is -0.547. The number of nitro groups is 1. The molecule has 0 atom stereocenters. The molecule has 118 valence electrons. The molecule has 0 amide bonds. The van der Waals surface area contributed by atoms with E-state index in [-0.39, 0.29) is 23.6 Å². The van der Waals surface area contributed by atoms with E-state index in [0.717, 1.165) is 11.3 Å². The fourth-order valence-corrected chi connectivity index (χ4v) is 2.38. The van der Waals surface area contributed by atoms with E-state index in [2.05, 4.69) is 4.98 Å². The summed E-state index contributed by atoms with van der Waals surface area (Å²) in [7, 11) is 0. The van der Waals surface area contributed by atoms with Crippen molar-refractivity contribution in [3.05, 3.63) is 88.9 Å². The number of nitro benzene ring substituents is 1. The molecule has 0 aliphatic carbocycles. The lowest BCUT2D eigenvalue weighted by atomic mass is 10.1. The van der Waals surface area contributed by atoms with Gasteiger partial charge in [-0.1, -0.05) is 42.5 Å². The van der Waals surface area contributed by atoms with Crippen molar-refractivity contribution in [1.82, 2.24) is 4.98 Å². The van der Waals surface area contributed by atoms with Gasteiger partial charge in [-0.2, -0.15) is 0 Å². The van der Waals surface area contributed by atoms with Crippen molar-refractivity contribution in [3.8, 4) is 11.3 Å². The Morgan fingerprint density at radius 1 is 1.04 bits per heavy atom. The molecule has 0 saturated heterocycles. The number of carbonyl (C=O) groups excluding carboxylic acids is 1. The monoisotopic (exact) mass is 320 g/mol. The Bertz CT molecular complexity index is 878. The normalized spacial score (nSPS) is 10.3. The van der Waals surface area contributed by atoms with E-state index < -0.39 is 4.92 Å². The second-order valence-electron chi connectivity index (χ2n) is 5.18. The van der Waals surface area contributed by atoms with Gasteiger partial charge in [0.2, 0.25) is 5.78 Å². The molecule has 0 unspecified atom stereocenters. The van der Waals surface area contributed by atoms with Gasteiger partial charge in [-0.15, -0.1) is 0 Å². The zero-order chi connectivity index (χ0) is 16.9. The van der Waals surface area contributed by atoms with Crippen LogP contribution in [0.4, 0.5) is 5.69 Å². The van der Waals surface area contributed by atoms with Crippen molar-refractivity contribution in [2.24, 2.45) is 0 Å². The molecule has 0 aliphatic rings. The van der Waals surface area contributed by atoms with Gasteiger partial charge in [-0.05, 0) is 11.1 Å². The summed E-state index contributed by atoms with van der Waals surface area (Å²) >= 11 is 0. The van der Waals surface area contributed by atoms with Crippen molar-refractivity contribution in [2.75, 3.05) is 0 Å². The SMILES string of the molecule is O=C(C[n+]1ccc(-c2ccccc2)nc1)c1ccccc1[N+](=O)[O-]. The van der Waals surface area contributed by atoms with Gasteiger partial charge in [0.25, 0.3) is 12.0 Å². The van der Waals surface area contributed by atoms with Gasteiger partial charge in [0.05, 0.1) is 16.7 Å². The Morgan fingerprint density at radius 2 is 1.75 bits per heavy atom. The van der Waals surface area contributed by atoms with Crippen LogP contribution >= 0.6 is 0 Å². The van der Waals surface area contributed by atoms with Gasteiger partial charge in [0.1, 0.15) is 0 Å². The first-order valence-corrected chi connectivity index (χ1v) is 7.32. The molecule has 1 aromatic heterocycles. The number of rotatable bonds is 5. The maximum atomic E-state index is 12.3. The number of aromatic nitrogens is 2. The summed E-state index contributed by atoms with van der Waals surface area (Å²) in [5.41, 5.74) is 1.69. The highest BCUT2D eigenvalue weighted by atomic mass is 16.6. The van der Waals surface area contributed by atoms with Crippen LogP contribution < -0.4 is 4.57 Å². The van der Waals surface area contributed by atoms with Crippen molar-refractivity contribution in [2.45, 2.75) is 6.54 Å². The number of hydrogen-bond acceptors (Lipinski definition) is 4. The smallest absolute Gasteiger partial charge is 0.287 e. The maximum Gasteiger partial charge on any atom is 0.287 e. The Morgan fingerprint density at radius 3 is 2.42 bits per heavy atom. The van der Waals surface area contributed by atoms with Gasteiger partial charge >= 0.3 is 0 Å². The number of nitrogens with zero attached hydrogens (tertiary/aromatic N) is 3. The molecule has 0 bridgehead atoms. The second kappa shape index (κ2) is 6.78. The summed E-state index contributed by atoms with van der Waals surface area (Å²) in [6.45, 7) is -0.00702. The zero-order valence-electron chi connectivity index (χ0n) is 12.7. The number of Topliss-reactive ketones (excluding diaryl/α,β-unsaturated/α-hetero) is 1. The molecule has 0 aliphatic heterocycles. The molecule has 2 aromatic carbocycles. The number of benzene rings is 2. The first-order valence-electron chi connectivity index (χ1n) is 7.32. The van der Waals surface area contributed by atoms with Crippen LogP contribution in [0.15, 0.2) is 73.2 Å². The molecule has 0 saturated carbocycles. The molecule has 1 heterocycles.